The molecular weight excluding hydrogens is 389 g/mol. The fraction of sp³-hybridized carbons (Fsp3) is 0.0526. The smallest absolute Gasteiger partial charge is 0.306 e. The second kappa shape index (κ2) is 8.01. The van der Waals surface area contributed by atoms with Gasteiger partial charge in [0.25, 0.3) is 11.5 Å². The maximum atomic E-state index is 13.4. The molecular formula is C19H13ClFN3O4. The molecule has 0 aliphatic carbocycles. The summed E-state index contributed by atoms with van der Waals surface area (Å²) < 4.78 is 14.8. The molecule has 3 aromatic rings. The lowest BCUT2D eigenvalue weighted by molar-refractivity contribution is -0.387. The van der Waals surface area contributed by atoms with E-state index in [4.69, 9.17) is 11.6 Å². The zero-order chi connectivity index (χ0) is 20.3. The largest absolute Gasteiger partial charge is 0.322 e. The second-order valence-corrected chi connectivity index (χ2v) is 6.33. The minimum absolute atomic E-state index is 0.0608. The Morgan fingerprint density at radius 3 is 2.68 bits per heavy atom. The highest BCUT2D eigenvalue weighted by atomic mass is 35.5. The van der Waals surface area contributed by atoms with Crippen LogP contribution in [0.15, 0.2) is 65.6 Å². The number of halogens is 2. The number of benzene rings is 2. The SMILES string of the molecule is O=C(Nc1ccc(F)c([N+](=O)[O-])c1)c1ccc(=O)n(Cc2cccc(Cl)c2)c1. The number of aromatic nitrogens is 1. The summed E-state index contributed by atoms with van der Waals surface area (Å²) in [6, 6.07) is 12.6. The van der Waals surface area contributed by atoms with Gasteiger partial charge >= 0.3 is 5.69 Å². The van der Waals surface area contributed by atoms with Crippen molar-refractivity contribution in [3.05, 3.63) is 103 Å². The molecule has 0 unspecified atom stereocenters. The third-order valence-electron chi connectivity index (χ3n) is 3.89. The van der Waals surface area contributed by atoms with E-state index in [0.29, 0.717) is 5.02 Å². The number of hydrogen-bond acceptors (Lipinski definition) is 4. The van der Waals surface area contributed by atoms with Crippen molar-refractivity contribution in [2.75, 3.05) is 5.32 Å². The minimum atomic E-state index is -1.00. The molecule has 0 aliphatic heterocycles. The van der Waals surface area contributed by atoms with Crippen LogP contribution in [0.25, 0.3) is 0 Å². The molecule has 0 saturated heterocycles. The molecule has 1 N–H and O–H groups in total. The van der Waals surface area contributed by atoms with Crippen molar-refractivity contribution < 1.29 is 14.1 Å². The fourth-order valence-electron chi connectivity index (χ4n) is 2.55. The lowest BCUT2D eigenvalue weighted by Gasteiger charge is -2.10. The normalized spacial score (nSPS) is 10.5. The van der Waals surface area contributed by atoms with Crippen LogP contribution in [-0.2, 0) is 6.54 Å². The topological polar surface area (TPSA) is 94.2 Å². The monoisotopic (exact) mass is 401 g/mol. The Bertz CT molecular complexity index is 1130. The number of hydrogen-bond donors (Lipinski definition) is 1. The zero-order valence-electron chi connectivity index (χ0n) is 14.3. The van der Waals surface area contributed by atoms with E-state index in [1.54, 1.807) is 24.3 Å². The highest BCUT2D eigenvalue weighted by molar-refractivity contribution is 6.30. The first-order valence-electron chi connectivity index (χ1n) is 8.04. The van der Waals surface area contributed by atoms with Crippen LogP contribution < -0.4 is 10.9 Å². The Labute approximate surface area is 163 Å². The van der Waals surface area contributed by atoms with E-state index in [2.05, 4.69) is 5.32 Å². The predicted octanol–water partition coefficient (Wildman–Crippen LogP) is 3.85. The zero-order valence-corrected chi connectivity index (χ0v) is 15.0. The molecule has 1 heterocycles. The summed E-state index contributed by atoms with van der Waals surface area (Å²) in [5.41, 5.74) is -0.0571. The maximum absolute atomic E-state index is 13.4. The van der Waals surface area contributed by atoms with Gasteiger partial charge in [-0.15, -0.1) is 0 Å². The van der Waals surface area contributed by atoms with Crippen LogP contribution in [-0.4, -0.2) is 15.4 Å². The van der Waals surface area contributed by atoms with Crippen LogP contribution in [0.3, 0.4) is 0 Å². The van der Waals surface area contributed by atoms with Crippen molar-refractivity contribution in [3.8, 4) is 0 Å². The van der Waals surface area contributed by atoms with Gasteiger partial charge in [-0.05, 0) is 35.9 Å². The van der Waals surface area contributed by atoms with Gasteiger partial charge in [-0.3, -0.25) is 19.7 Å². The average molecular weight is 402 g/mol. The van der Waals surface area contributed by atoms with Crippen molar-refractivity contribution in [1.29, 1.82) is 0 Å². The predicted molar refractivity (Wildman–Crippen MR) is 102 cm³/mol. The van der Waals surface area contributed by atoms with E-state index < -0.39 is 22.3 Å². The molecule has 0 saturated carbocycles. The van der Waals surface area contributed by atoms with Crippen molar-refractivity contribution in [2.24, 2.45) is 0 Å². The molecule has 9 heteroatoms. The van der Waals surface area contributed by atoms with Crippen molar-refractivity contribution in [2.45, 2.75) is 6.54 Å². The van der Waals surface area contributed by atoms with Crippen molar-refractivity contribution in [1.82, 2.24) is 4.57 Å². The summed E-state index contributed by atoms with van der Waals surface area (Å²) in [4.78, 5) is 34.5. The first-order valence-corrected chi connectivity index (χ1v) is 8.41. The Morgan fingerprint density at radius 1 is 1.18 bits per heavy atom. The molecule has 142 valence electrons. The van der Waals surface area contributed by atoms with Gasteiger partial charge in [-0.1, -0.05) is 23.7 Å². The molecule has 1 amide bonds. The van der Waals surface area contributed by atoms with Crippen LogP contribution in [0.4, 0.5) is 15.8 Å². The highest BCUT2D eigenvalue weighted by Crippen LogP contribution is 2.22. The van der Waals surface area contributed by atoms with Gasteiger partial charge in [0.15, 0.2) is 0 Å². The number of amides is 1. The summed E-state index contributed by atoms with van der Waals surface area (Å²) in [5, 5.41) is 13.8. The van der Waals surface area contributed by atoms with Gasteiger partial charge < -0.3 is 9.88 Å². The van der Waals surface area contributed by atoms with E-state index in [9.17, 15) is 24.1 Å². The van der Waals surface area contributed by atoms with E-state index >= 15 is 0 Å². The van der Waals surface area contributed by atoms with E-state index in [0.717, 1.165) is 17.7 Å². The quantitative estimate of drug-likeness (QED) is 0.519. The lowest BCUT2D eigenvalue weighted by atomic mass is 10.2. The van der Waals surface area contributed by atoms with Gasteiger partial charge in [-0.2, -0.15) is 4.39 Å². The molecule has 1 aromatic heterocycles. The van der Waals surface area contributed by atoms with E-state index in [-0.39, 0.29) is 23.4 Å². The molecule has 0 aliphatic rings. The van der Waals surface area contributed by atoms with Crippen molar-refractivity contribution >= 4 is 28.9 Å². The first-order chi connectivity index (χ1) is 13.3. The summed E-state index contributed by atoms with van der Waals surface area (Å²) in [6.45, 7) is 0.211. The van der Waals surface area contributed by atoms with E-state index in [1.807, 2.05) is 0 Å². The van der Waals surface area contributed by atoms with Gasteiger partial charge in [-0.25, -0.2) is 0 Å². The van der Waals surface area contributed by atoms with Crippen LogP contribution in [0.5, 0.6) is 0 Å². The Morgan fingerprint density at radius 2 is 1.96 bits per heavy atom. The summed E-state index contributed by atoms with van der Waals surface area (Å²) in [7, 11) is 0. The van der Waals surface area contributed by atoms with Gasteiger partial charge in [0.05, 0.1) is 17.0 Å². The van der Waals surface area contributed by atoms with Crippen LogP contribution in [0.2, 0.25) is 5.02 Å². The summed E-state index contributed by atoms with van der Waals surface area (Å²) in [5.74, 6) is -1.60. The number of nitro benzene ring substituents is 1. The minimum Gasteiger partial charge on any atom is -0.322 e. The van der Waals surface area contributed by atoms with Crippen LogP contribution >= 0.6 is 11.6 Å². The number of rotatable bonds is 5. The molecule has 0 bridgehead atoms. The number of carbonyl (C=O) groups is 1. The molecule has 0 atom stereocenters. The molecule has 2 aromatic carbocycles. The number of nitro groups is 1. The number of nitrogens with one attached hydrogen (secondary N) is 1. The van der Waals surface area contributed by atoms with Crippen LogP contribution in [0.1, 0.15) is 15.9 Å². The third kappa shape index (κ3) is 4.41. The second-order valence-electron chi connectivity index (χ2n) is 5.89. The first kappa shape index (κ1) is 19.2. The molecule has 3 rings (SSSR count). The number of anilines is 1. The summed E-state index contributed by atoms with van der Waals surface area (Å²) >= 11 is 5.94. The fourth-order valence-corrected chi connectivity index (χ4v) is 2.77. The highest BCUT2D eigenvalue weighted by Gasteiger charge is 2.16. The van der Waals surface area contributed by atoms with E-state index in [1.165, 1.54) is 29.0 Å². The van der Waals surface area contributed by atoms with Gasteiger partial charge in [0.1, 0.15) is 0 Å². The molecule has 7 nitrogen and oxygen atoms in total. The molecule has 28 heavy (non-hydrogen) atoms. The number of nitrogens with zero attached hydrogens (tertiary/aromatic N) is 2. The average Bonchev–Trinajstić information content (AvgIpc) is 2.65. The Hall–Kier alpha value is -3.52. The molecule has 0 radical (unpaired) electrons. The van der Waals surface area contributed by atoms with Gasteiger partial charge in [0.2, 0.25) is 5.82 Å². The Kier molecular flexibility index (Phi) is 5.51. The third-order valence-corrected chi connectivity index (χ3v) is 4.12. The summed E-state index contributed by atoms with van der Waals surface area (Å²) in [6.07, 6.45) is 1.37. The number of carbonyl (C=O) groups excluding carboxylic acids is 1. The maximum Gasteiger partial charge on any atom is 0.306 e. The lowest BCUT2D eigenvalue weighted by Crippen LogP contribution is -2.22. The van der Waals surface area contributed by atoms with Crippen LogP contribution in [0, 0.1) is 15.9 Å². The molecule has 0 spiro atoms. The number of pyridine rings is 1. The molecule has 0 fully saturated rings. The standard InChI is InChI=1S/C19H13ClFN3O4/c20-14-3-1-2-12(8-14)10-23-11-13(4-7-18(23)25)19(26)22-15-5-6-16(21)17(9-15)24(27)28/h1-9,11H,10H2,(H,22,26). The Balaban J connectivity index is 1.84. The van der Waals surface area contributed by atoms with Crippen molar-refractivity contribution in [3.63, 3.8) is 0 Å². The van der Waals surface area contributed by atoms with Gasteiger partial charge in [0, 0.05) is 29.0 Å².